The van der Waals surface area contributed by atoms with E-state index in [1.54, 1.807) is 0 Å². The fraction of sp³-hybridized carbons (Fsp3) is 0.500. The van der Waals surface area contributed by atoms with Crippen molar-refractivity contribution in [2.24, 2.45) is 5.73 Å². The maximum atomic E-state index is 5.71. The highest BCUT2D eigenvalue weighted by Crippen LogP contribution is 2.17. The number of unbranched alkanes of at least 4 members (excludes halogenated alkanes) is 1. The Morgan fingerprint density at radius 1 is 1.19 bits per heavy atom. The van der Waals surface area contributed by atoms with Gasteiger partial charge in [-0.15, -0.1) is 5.10 Å². The van der Waals surface area contributed by atoms with Crippen LogP contribution in [0.25, 0.3) is 0 Å². The average Bonchev–Trinajstić information content (AvgIpc) is 2.91. The summed E-state index contributed by atoms with van der Waals surface area (Å²) in [5.41, 5.74) is 7.77. The van der Waals surface area contributed by atoms with Gasteiger partial charge in [-0.2, -0.15) is 0 Å². The molecule has 0 bridgehead atoms. The van der Waals surface area contributed by atoms with Gasteiger partial charge in [-0.25, -0.2) is 4.68 Å². The Balaban J connectivity index is 1.77. The van der Waals surface area contributed by atoms with Crippen LogP contribution in [0.4, 0.5) is 0 Å². The van der Waals surface area contributed by atoms with Gasteiger partial charge in [0.25, 0.3) is 0 Å². The normalized spacial score (nSPS) is 11.0. The van der Waals surface area contributed by atoms with E-state index in [1.165, 1.54) is 0 Å². The molecule has 0 fully saturated rings. The Hall–Kier alpha value is -1.88. The Morgan fingerprint density at radius 2 is 1.95 bits per heavy atom. The second-order valence-corrected chi connectivity index (χ2v) is 5.37. The van der Waals surface area contributed by atoms with Crippen molar-refractivity contribution >= 4 is 0 Å². The van der Waals surface area contributed by atoms with Crippen LogP contribution >= 0.6 is 0 Å². The molecule has 1 aromatic carbocycles. The third-order valence-corrected chi connectivity index (χ3v) is 3.36. The molecule has 0 aliphatic heterocycles. The molecule has 2 rings (SSSR count). The number of rotatable bonds is 8. The van der Waals surface area contributed by atoms with Crippen molar-refractivity contribution in [2.45, 2.75) is 45.7 Å². The summed E-state index contributed by atoms with van der Waals surface area (Å²) < 4.78 is 7.66. The number of aryl methyl sites for hydroxylation is 1. The molecule has 0 aliphatic carbocycles. The lowest BCUT2D eigenvalue weighted by Crippen LogP contribution is -2.10. The van der Waals surface area contributed by atoms with Gasteiger partial charge < -0.3 is 10.5 Å². The van der Waals surface area contributed by atoms with Gasteiger partial charge in [0, 0.05) is 13.1 Å². The molecule has 0 spiro atoms. The zero-order valence-corrected chi connectivity index (χ0v) is 12.8. The van der Waals surface area contributed by atoms with Gasteiger partial charge in [-0.05, 0) is 30.9 Å². The van der Waals surface area contributed by atoms with Gasteiger partial charge in [0.05, 0.1) is 18.0 Å². The van der Waals surface area contributed by atoms with Crippen molar-refractivity contribution in [1.29, 1.82) is 0 Å². The lowest BCUT2D eigenvalue weighted by molar-refractivity contribution is 0.301. The fourth-order valence-corrected chi connectivity index (χ4v) is 2.37. The van der Waals surface area contributed by atoms with Gasteiger partial charge in [0.15, 0.2) is 0 Å². The molecule has 0 atom stereocenters. The highest BCUT2D eigenvalue weighted by atomic mass is 16.5. The number of benzene rings is 1. The van der Waals surface area contributed by atoms with Crippen molar-refractivity contribution in [1.82, 2.24) is 15.0 Å². The number of hydrogen-bond donors (Lipinski definition) is 1. The highest BCUT2D eigenvalue weighted by molar-refractivity contribution is 5.20. The summed E-state index contributed by atoms with van der Waals surface area (Å²) in [6.45, 7) is 6.32. The zero-order valence-electron chi connectivity index (χ0n) is 12.8. The third kappa shape index (κ3) is 4.29. The van der Waals surface area contributed by atoms with E-state index in [-0.39, 0.29) is 0 Å². The Bertz CT molecular complexity index is 536. The van der Waals surface area contributed by atoms with Crippen LogP contribution in [0.1, 0.15) is 44.0 Å². The van der Waals surface area contributed by atoms with Crippen LogP contribution in [-0.4, -0.2) is 21.6 Å². The fourth-order valence-electron chi connectivity index (χ4n) is 2.37. The lowest BCUT2D eigenvalue weighted by atomic mass is 10.1. The first-order valence-electron chi connectivity index (χ1n) is 7.52. The summed E-state index contributed by atoms with van der Waals surface area (Å²) in [6.07, 6.45) is 2.00. The first-order chi connectivity index (χ1) is 10.2. The monoisotopic (exact) mass is 288 g/mol. The summed E-state index contributed by atoms with van der Waals surface area (Å²) in [5.74, 6) is 1.31. The molecule has 0 radical (unpaired) electrons. The first-order valence-corrected chi connectivity index (χ1v) is 7.52. The summed E-state index contributed by atoms with van der Waals surface area (Å²) in [7, 11) is 0. The number of nitrogens with two attached hydrogens (primary N) is 1. The number of para-hydroxylation sites is 1. The molecular formula is C16H24N4O. The van der Waals surface area contributed by atoms with E-state index in [9.17, 15) is 0 Å². The van der Waals surface area contributed by atoms with Crippen LogP contribution in [0.5, 0.6) is 5.75 Å². The second kappa shape index (κ2) is 7.78. The van der Waals surface area contributed by atoms with Crippen LogP contribution in [0, 0.1) is 0 Å². The van der Waals surface area contributed by atoms with E-state index < -0.39 is 0 Å². The van der Waals surface area contributed by atoms with Gasteiger partial charge in [-0.1, -0.05) is 37.3 Å². The second-order valence-electron chi connectivity index (χ2n) is 5.37. The number of ether oxygens (including phenoxy) is 1. The van der Waals surface area contributed by atoms with E-state index in [1.807, 2.05) is 35.0 Å². The molecule has 0 saturated carbocycles. The van der Waals surface area contributed by atoms with Gasteiger partial charge in [0.1, 0.15) is 5.75 Å². The molecule has 1 aromatic heterocycles. The summed E-state index contributed by atoms with van der Waals surface area (Å²) in [4.78, 5) is 0. The minimum Gasteiger partial charge on any atom is -0.494 e. The largest absolute Gasteiger partial charge is 0.494 e. The minimum atomic E-state index is 0.388. The number of hydrogen-bond acceptors (Lipinski definition) is 4. The lowest BCUT2D eigenvalue weighted by Gasteiger charge is -2.11. The molecule has 5 nitrogen and oxygen atoms in total. The maximum absolute atomic E-state index is 5.71. The summed E-state index contributed by atoms with van der Waals surface area (Å²) in [6, 6.07) is 9.89. The van der Waals surface area contributed by atoms with Crippen LogP contribution in [-0.2, 0) is 13.1 Å². The summed E-state index contributed by atoms with van der Waals surface area (Å²) in [5, 5.41) is 8.37. The molecule has 2 N–H and O–H groups in total. The molecule has 0 amide bonds. The Kier molecular flexibility index (Phi) is 5.75. The van der Waals surface area contributed by atoms with Crippen molar-refractivity contribution in [2.75, 3.05) is 6.61 Å². The third-order valence-electron chi connectivity index (χ3n) is 3.36. The van der Waals surface area contributed by atoms with Gasteiger partial charge in [-0.3, -0.25) is 0 Å². The molecule has 5 heteroatoms. The predicted molar refractivity (Wildman–Crippen MR) is 83.2 cm³/mol. The zero-order chi connectivity index (χ0) is 15.1. The molecule has 0 saturated heterocycles. The van der Waals surface area contributed by atoms with E-state index in [2.05, 4.69) is 24.2 Å². The van der Waals surface area contributed by atoms with Crippen LogP contribution in [0.3, 0.4) is 0 Å². The van der Waals surface area contributed by atoms with Gasteiger partial charge in [0.2, 0.25) is 0 Å². The highest BCUT2D eigenvalue weighted by Gasteiger charge is 2.14. The van der Waals surface area contributed by atoms with Crippen LogP contribution in [0.15, 0.2) is 30.3 Å². The smallest absolute Gasteiger partial charge is 0.119 e. The molecule has 114 valence electrons. The molecular weight excluding hydrogens is 264 g/mol. The average molecular weight is 288 g/mol. The van der Waals surface area contributed by atoms with Crippen LogP contribution < -0.4 is 10.5 Å². The summed E-state index contributed by atoms with van der Waals surface area (Å²) >= 11 is 0. The van der Waals surface area contributed by atoms with Gasteiger partial charge >= 0.3 is 0 Å². The van der Waals surface area contributed by atoms with Crippen molar-refractivity contribution < 1.29 is 4.74 Å². The molecule has 1 heterocycles. The Labute approximate surface area is 126 Å². The van der Waals surface area contributed by atoms with E-state index in [0.29, 0.717) is 12.5 Å². The number of nitrogens with zero attached hydrogens (tertiary/aromatic N) is 3. The predicted octanol–water partition coefficient (Wildman–Crippen LogP) is 2.72. The first kappa shape index (κ1) is 15.5. The molecule has 2 aromatic rings. The van der Waals surface area contributed by atoms with Crippen molar-refractivity contribution in [3.63, 3.8) is 0 Å². The SMILES string of the molecule is CC(C)c1c(CN)nnn1CCCCOc1ccccc1. The Morgan fingerprint density at radius 3 is 2.62 bits per heavy atom. The molecule has 0 unspecified atom stereocenters. The van der Waals surface area contributed by atoms with Crippen molar-refractivity contribution in [3.8, 4) is 5.75 Å². The van der Waals surface area contributed by atoms with E-state index >= 15 is 0 Å². The minimum absolute atomic E-state index is 0.388. The standard InChI is InChI=1S/C16H24N4O/c1-13(2)16-15(12-17)18-19-20(16)10-6-7-11-21-14-8-4-3-5-9-14/h3-5,8-9,13H,6-7,10-12,17H2,1-2H3. The van der Waals surface area contributed by atoms with E-state index in [0.717, 1.165) is 43.1 Å². The number of aromatic nitrogens is 3. The topological polar surface area (TPSA) is 66.0 Å². The van der Waals surface area contributed by atoms with E-state index in [4.69, 9.17) is 10.5 Å². The maximum Gasteiger partial charge on any atom is 0.119 e. The molecule has 21 heavy (non-hydrogen) atoms. The van der Waals surface area contributed by atoms with Crippen LogP contribution in [0.2, 0.25) is 0 Å². The van der Waals surface area contributed by atoms with Crippen molar-refractivity contribution in [3.05, 3.63) is 41.7 Å². The quantitative estimate of drug-likeness (QED) is 0.758. The molecule has 0 aliphatic rings.